The molecule has 0 bridgehead atoms. The van der Waals surface area contributed by atoms with Crippen molar-refractivity contribution >= 4 is 10.0 Å². The number of rotatable bonds is 5. The molecule has 118 valence electrons. The SMILES string of the molecule is COCC1CCN(S(=O)(=O)c2cc(CO)cc(F)c2F)C1. The molecule has 1 N–H and O–H groups in total. The zero-order valence-corrected chi connectivity index (χ0v) is 12.4. The summed E-state index contributed by atoms with van der Waals surface area (Å²) in [6.07, 6.45) is 0.608. The summed E-state index contributed by atoms with van der Waals surface area (Å²) < 4.78 is 58.2. The average molecular weight is 321 g/mol. The molecule has 1 fully saturated rings. The van der Waals surface area contributed by atoms with Gasteiger partial charge in [-0.15, -0.1) is 0 Å². The first-order valence-electron chi connectivity index (χ1n) is 6.48. The lowest BCUT2D eigenvalue weighted by molar-refractivity contribution is 0.157. The topological polar surface area (TPSA) is 66.8 Å². The molecular weight excluding hydrogens is 304 g/mol. The summed E-state index contributed by atoms with van der Waals surface area (Å²) in [6, 6.07) is 1.75. The van der Waals surface area contributed by atoms with Crippen molar-refractivity contribution in [2.24, 2.45) is 5.92 Å². The Bertz CT molecular complexity index is 621. The van der Waals surface area contributed by atoms with Gasteiger partial charge in [-0.05, 0) is 30.0 Å². The molecule has 1 aromatic rings. The van der Waals surface area contributed by atoms with Crippen LogP contribution in [0.4, 0.5) is 8.78 Å². The number of hydrogen-bond acceptors (Lipinski definition) is 4. The van der Waals surface area contributed by atoms with Crippen molar-refractivity contribution in [2.45, 2.75) is 17.9 Å². The van der Waals surface area contributed by atoms with Gasteiger partial charge in [0.05, 0.1) is 13.2 Å². The smallest absolute Gasteiger partial charge is 0.246 e. The number of nitrogens with zero attached hydrogens (tertiary/aromatic N) is 1. The fourth-order valence-corrected chi connectivity index (χ4v) is 4.08. The molecule has 1 atom stereocenters. The summed E-state index contributed by atoms with van der Waals surface area (Å²) in [4.78, 5) is -0.732. The first-order valence-corrected chi connectivity index (χ1v) is 7.92. The zero-order valence-electron chi connectivity index (χ0n) is 11.6. The van der Waals surface area contributed by atoms with Gasteiger partial charge in [-0.1, -0.05) is 0 Å². The fraction of sp³-hybridized carbons (Fsp3) is 0.538. The molecule has 1 aliphatic heterocycles. The van der Waals surface area contributed by atoms with Gasteiger partial charge in [-0.2, -0.15) is 4.31 Å². The van der Waals surface area contributed by atoms with Gasteiger partial charge in [0.25, 0.3) is 0 Å². The van der Waals surface area contributed by atoms with Crippen LogP contribution < -0.4 is 0 Å². The van der Waals surface area contributed by atoms with Crippen molar-refractivity contribution in [3.63, 3.8) is 0 Å². The molecule has 0 radical (unpaired) electrons. The number of halogens is 2. The van der Waals surface area contributed by atoms with E-state index < -0.39 is 33.2 Å². The summed E-state index contributed by atoms with van der Waals surface area (Å²) in [5.41, 5.74) is 0.0140. The van der Waals surface area contributed by atoms with Crippen molar-refractivity contribution in [3.8, 4) is 0 Å². The van der Waals surface area contributed by atoms with Gasteiger partial charge >= 0.3 is 0 Å². The highest BCUT2D eigenvalue weighted by atomic mass is 32.2. The highest BCUT2D eigenvalue weighted by Crippen LogP contribution is 2.28. The van der Waals surface area contributed by atoms with Crippen LogP contribution in [0.25, 0.3) is 0 Å². The maximum absolute atomic E-state index is 13.8. The minimum Gasteiger partial charge on any atom is -0.392 e. The zero-order chi connectivity index (χ0) is 15.6. The molecular formula is C13H17F2NO4S. The van der Waals surface area contributed by atoms with Crippen molar-refractivity contribution < 1.29 is 27.0 Å². The summed E-state index contributed by atoms with van der Waals surface area (Å²) in [5.74, 6) is -2.66. The van der Waals surface area contributed by atoms with Crippen LogP contribution >= 0.6 is 0 Å². The molecule has 2 rings (SSSR count). The maximum Gasteiger partial charge on any atom is 0.246 e. The first-order chi connectivity index (χ1) is 9.90. The number of benzene rings is 1. The van der Waals surface area contributed by atoms with Gasteiger partial charge in [0, 0.05) is 20.2 Å². The summed E-state index contributed by atoms with van der Waals surface area (Å²) in [7, 11) is -2.60. The molecule has 21 heavy (non-hydrogen) atoms. The molecule has 0 aromatic heterocycles. The van der Waals surface area contributed by atoms with Crippen LogP contribution in [0.2, 0.25) is 0 Å². The number of methoxy groups -OCH3 is 1. The Hall–Kier alpha value is -1.09. The number of sulfonamides is 1. The van der Waals surface area contributed by atoms with E-state index in [0.717, 1.165) is 16.4 Å². The molecule has 0 saturated carbocycles. The summed E-state index contributed by atoms with van der Waals surface area (Å²) in [6.45, 7) is 0.299. The Labute approximate surface area is 122 Å². The van der Waals surface area contributed by atoms with Crippen LogP contribution in [0, 0.1) is 17.6 Å². The van der Waals surface area contributed by atoms with E-state index in [2.05, 4.69) is 0 Å². The Kier molecular flexibility index (Phi) is 4.92. The van der Waals surface area contributed by atoms with Gasteiger partial charge < -0.3 is 9.84 Å². The van der Waals surface area contributed by atoms with Crippen LogP contribution in [0.1, 0.15) is 12.0 Å². The lowest BCUT2D eigenvalue weighted by atomic mass is 10.1. The molecule has 1 saturated heterocycles. The Morgan fingerprint density at radius 2 is 2.14 bits per heavy atom. The van der Waals surface area contributed by atoms with Crippen LogP contribution in [0.3, 0.4) is 0 Å². The van der Waals surface area contributed by atoms with Gasteiger partial charge in [0.2, 0.25) is 10.0 Å². The van der Waals surface area contributed by atoms with Crippen molar-refractivity contribution in [2.75, 3.05) is 26.8 Å². The van der Waals surface area contributed by atoms with E-state index in [1.165, 1.54) is 7.11 Å². The van der Waals surface area contributed by atoms with Crippen LogP contribution in [-0.4, -0.2) is 44.6 Å². The molecule has 5 nitrogen and oxygen atoms in total. The predicted octanol–water partition coefficient (Wildman–Crippen LogP) is 1.11. The molecule has 0 amide bonds. The second kappa shape index (κ2) is 6.35. The van der Waals surface area contributed by atoms with E-state index in [1.807, 2.05) is 0 Å². The molecule has 1 aliphatic rings. The highest BCUT2D eigenvalue weighted by molar-refractivity contribution is 7.89. The molecule has 1 aromatic carbocycles. The van der Waals surface area contributed by atoms with Crippen LogP contribution in [-0.2, 0) is 21.4 Å². The van der Waals surface area contributed by atoms with Crippen molar-refractivity contribution in [1.82, 2.24) is 4.31 Å². The minimum absolute atomic E-state index is 0.0140. The van der Waals surface area contributed by atoms with E-state index >= 15 is 0 Å². The van der Waals surface area contributed by atoms with Crippen molar-refractivity contribution in [1.29, 1.82) is 0 Å². The van der Waals surface area contributed by atoms with E-state index in [0.29, 0.717) is 13.0 Å². The standard InChI is InChI=1S/C13H17F2NO4S/c1-20-8-9-2-3-16(6-9)21(18,19)12-5-10(7-17)4-11(14)13(12)15/h4-5,9,17H,2-3,6-8H2,1H3. The number of hydrogen-bond donors (Lipinski definition) is 1. The molecule has 0 aliphatic carbocycles. The monoisotopic (exact) mass is 321 g/mol. The predicted molar refractivity (Wildman–Crippen MR) is 71.0 cm³/mol. The Balaban J connectivity index is 2.34. The fourth-order valence-electron chi connectivity index (χ4n) is 2.42. The Morgan fingerprint density at radius 1 is 1.43 bits per heavy atom. The van der Waals surface area contributed by atoms with Gasteiger partial charge in [0.15, 0.2) is 11.6 Å². The summed E-state index contributed by atoms with van der Waals surface area (Å²) in [5, 5.41) is 9.01. The molecule has 0 spiro atoms. The third-order valence-corrected chi connectivity index (χ3v) is 5.37. The lowest BCUT2D eigenvalue weighted by Gasteiger charge is -2.17. The van der Waals surface area contributed by atoms with E-state index in [4.69, 9.17) is 9.84 Å². The quantitative estimate of drug-likeness (QED) is 0.882. The minimum atomic E-state index is -4.12. The van der Waals surface area contributed by atoms with Crippen LogP contribution in [0.5, 0.6) is 0 Å². The Morgan fingerprint density at radius 3 is 2.76 bits per heavy atom. The normalized spacial score (nSPS) is 20.1. The number of ether oxygens (including phenoxy) is 1. The van der Waals surface area contributed by atoms with Crippen LogP contribution in [0.15, 0.2) is 17.0 Å². The molecule has 1 unspecified atom stereocenters. The first kappa shape index (κ1) is 16.3. The lowest BCUT2D eigenvalue weighted by Crippen LogP contribution is -2.30. The van der Waals surface area contributed by atoms with Crippen molar-refractivity contribution in [3.05, 3.63) is 29.3 Å². The van der Waals surface area contributed by atoms with E-state index in [-0.39, 0.29) is 24.6 Å². The molecule has 8 heteroatoms. The van der Waals surface area contributed by atoms with E-state index in [9.17, 15) is 17.2 Å². The maximum atomic E-state index is 13.8. The third kappa shape index (κ3) is 3.23. The number of aliphatic hydroxyl groups is 1. The van der Waals surface area contributed by atoms with Gasteiger partial charge in [0.1, 0.15) is 4.90 Å². The average Bonchev–Trinajstić information content (AvgIpc) is 2.91. The second-order valence-electron chi connectivity index (χ2n) is 5.02. The van der Waals surface area contributed by atoms with E-state index in [1.54, 1.807) is 0 Å². The summed E-state index contributed by atoms with van der Waals surface area (Å²) >= 11 is 0. The highest BCUT2D eigenvalue weighted by Gasteiger charge is 2.35. The largest absolute Gasteiger partial charge is 0.392 e. The second-order valence-corrected chi connectivity index (χ2v) is 6.93. The number of aliphatic hydroxyl groups excluding tert-OH is 1. The van der Waals surface area contributed by atoms with Gasteiger partial charge in [-0.3, -0.25) is 0 Å². The molecule has 1 heterocycles. The van der Waals surface area contributed by atoms with Gasteiger partial charge in [-0.25, -0.2) is 17.2 Å². The third-order valence-electron chi connectivity index (χ3n) is 3.51.